The largest absolute Gasteiger partial charge is 0.497 e. The summed E-state index contributed by atoms with van der Waals surface area (Å²) in [6, 6.07) is 16.6. The minimum Gasteiger partial charge on any atom is -0.497 e. The van der Waals surface area contributed by atoms with E-state index in [0.717, 1.165) is 0 Å². The summed E-state index contributed by atoms with van der Waals surface area (Å²) in [6.45, 7) is 0. The molecule has 3 N–H and O–H groups in total. The Kier molecular flexibility index (Phi) is 5.08. The number of alkyl halides is 1. The highest BCUT2D eigenvalue weighted by Crippen LogP contribution is 2.45. The lowest BCUT2D eigenvalue weighted by Gasteiger charge is -2.15. The fourth-order valence-corrected chi connectivity index (χ4v) is 4.38. The van der Waals surface area contributed by atoms with E-state index in [4.69, 9.17) is 9.88 Å². The Labute approximate surface area is 173 Å². The molecular formula is C21H20FN3O4S. The zero-order valence-electron chi connectivity index (χ0n) is 16.1. The van der Waals surface area contributed by atoms with Crippen LogP contribution in [0.25, 0.3) is 0 Å². The summed E-state index contributed by atoms with van der Waals surface area (Å²) in [6.07, 6.45) is -1.33. The maximum atomic E-state index is 15.0. The van der Waals surface area contributed by atoms with Crippen molar-refractivity contribution >= 4 is 21.7 Å². The number of carbonyl (C=O) groups excluding carboxylic acids is 1. The summed E-state index contributed by atoms with van der Waals surface area (Å²) in [5, 5.41) is 5.11. The topological polar surface area (TPSA) is 103 Å². The lowest BCUT2D eigenvalue weighted by molar-refractivity contribution is 0.102. The molecular weight excluding hydrogens is 409 g/mol. The Morgan fingerprint density at radius 2 is 1.83 bits per heavy atom. The van der Waals surface area contributed by atoms with Crippen molar-refractivity contribution in [2.75, 3.05) is 11.8 Å². The van der Waals surface area contributed by atoms with Crippen LogP contribution in [0.1, 0.15) is 45.9 Å². The van der Waals surface area contributed by atoms with Gasteiger partial charge in [-0.2, -0.15) is 8.42 Å². The van der Waals surface area contributed by atoms with Crippen molar-refractivity contribution in [2.45, 2.75) is 18.6 Å². The van der Waals surface area contributed by atoms with E-state index in [2.05, 4.69) is 4.72 Å². The number of nitrogens with one attached hydrogen (secondary N) is 1. The zero-order chi connectivity index (χ0) is 21.5. The third-order valence-corrected chi connectivity index (χ3v) is 5.69. The average molecular weight is 429 g/mol. The lowest BCUT2D eigenvalue weighted by Crippen LogP contribution is -2.22. The number of ether oxygens (including phenoxy) is 1. The number of fused-ring (bicyclic) bond motifs is 1. The molecule has 0 spiro atoms. The molecule has 0 saturated carbocycles. The van der Waals surface area contributed by atoms with Crippen molar-refractivity contribution in [2.24, 2.45) is 5.14 Å². The van der Waals surface area contributed by atoms with Crippen LogP contribution in [0, 0.1) is 0 Å². The molecule has 1 aliphatic heterocycles. The first-order valence-electron chi connectivity index (χ1n) is 9.22. The smallest absolute Gasteiger partial charge is 0.296 e. The van der Waals surface area contributed by atoms with Gasteiger partial charge in [0.05, 0.1) is 18.5 Å². The number of hydrogen-bond acceptors (Lipinski definition) is 4. The molecule has 156 valence electrons. The van der Waals surface area contributed by atoms with Gasteiger partial charge in [-0.1, -0.05) is 18.2 Å². The molecule has 9 heteroatoms. The van der Waals surface area contributed by atoms with Crippen molar-refractivity contribution < 1.29 is 22.3 Å². The molecule has 2 aromatic carbocycles. The van der Waals surface area contributed by atoms with Gasteiger partial charge in [0.15, 0.2) is 6.30 Å². The number of hydrogen-bond donors (Lipinski definition) is 2. The summed E-state index contributed by atoms with van der Waals surface area (Å²) in [4.78, 5) is 13.0. The molecule has 0 fully saturated rings. The second-order valence-corrected chi connectivity index (χ2v) is 8.32. The van der Waals surface area contributed by atoms with Crippen molar-refractivity contribution in [1.29, 1.82) is 0 Å². The highest BCUT2D eigenvalue weighted by Gasteiger charge is 2.36. The van der Waals surface area contributed by atoms with Crippen molar-refractivity contribution in [3.63, 3.8) is 0 Å². The van der Waals surface area contributed by atoms with Crippen LogP contribution in [0.5, 0.6) is 5.75 Å². The van der Waals surface area contributed by atoms with E-state index in [1.54, 1.807) is 60.7 Å². The van der Waals surface area contributed by atoms with E-state index in [-0.39, 0.29) is 23.6 Å². The number of nitrogens with two attached hydrogens (primary N) is 1. The molecule has 2 unspecified atom stereocenters. The van der Waals surface area contributed by atoms with Gasteiger partial charge in [0, 0.05) is 23.6 Å². The Morgan fingerprint density at radius 3 is 2.50 bits per heavy atom. The highest BCUT2D eigenvalue weighted by atomic mass is 32.2. The number of methoxy groups -OCH3 is 1. The Morgan fingerprint density at radius 1 is 1.13 bits per heavy atom. The number of ketones is 1. The molecule has 4 rings (SSSR count). The molecule has 0 saturated heterocycles. The maximum absolute atomic E-state index is 15.0. The first-order chi connectivity index (χ1) is 14.3. The third-order valence-electron chi connectivity index (χ3n) is 5.19. The third kappa shape index (κ3) is 3.69. The van der Waals surface area contributed by atoms with Gasteiger partial charge in [0.25, 0.3) is 10.2 Å². The van der Waals surface area contributed by atoms with Crippen molar-refractivity contribution in [1.82, 2.24) is 4.57 Å². The van der Waals surface area contributed by atoms with E-state index in [0.29, 0.717) is 22.6 Å². The Bertz CT molecular complexity index is 1210. The fourth-order valence-electron chi connectivity index (χ4n) is 3.89. The van der Waals surface area contributed by atoms with Crippen molar-refractivity contribution in [3.05, 3.63) is 83.2 Å². The zero-order valence-corrected chi connectivity index (χ0v) is 16.9. The molecule has 7 nitrogen and oxygen atoms in total. The molecule has 0 radical (unpaired) electrons. The first kappa shape index (κ1) is 20.1. The fraction of sp³-hybridized carbons (Fsp3) is 0.190. The number of benzene rings is 2. The SMILES string of the molecule is COc1ccc(C(=O)c2ccc3n2C(F)CC3c2ccccc2NS(N)(=O)=O)cc1. The summed E-state index contributed by atoms with van der Waals surface area (Å²) < 4.78 is 46.8. The molecule has 1 aromatic heterocycles. The summed E-state index contributed by atoms with van der Waals surface area (Å²) in [7, 11) is -2.45. The number of anilines is 1. The number of aromatic nitrogens is 1. The highest BCUT2D eigenvalue weighted by molar-refractivity contribution is 7.90. The standard InChI is InChI=1S/C21H20FN3O4S/c1-29-14-8-6-13(7-9-14)21(26)19-11-10-18-16(12-20(22)25(18)19)15-4-2-3-5-17(15)24-30(23,27)28/h2-11,16,20,24H,12H2,1H3,(H2,23,27,28). The molecule has 0 aliphatic carbocycles. The van der Waals surface area contributed by atoms with Gasteiger partial charge >= 0.3 is 0 Å². The van der Waals surface area contributed by atoms with Crippen LogP contribution in [-0.2, 0) is 10.2 Å². The predicted molar refractivity (Wildman–Crippen MR) is 111 cm³/mol. The molecule has 1 aliphatic rings. The van der Waals surface area contributed by atoms with Crippen LogP contribution in [0.3, 0.4) is 0 Å². The van der Waals surface area contributed by atoms with Gasteiger partial charge in [-0.05, 0) is 48.0 Å². The Balaban J connectivity index is 1.72. The van der Waals surface area contributed by atoms with Crippen LogP contribution < -0.4 is 14.6 Å². The number of nitrogens with zero attached hydrogens (tertiary/aromatic N) is 1. The average Bonchev–Trinajstić information content (AvgIpc) is 3.28. The Hall–Kier alpha value is -3.17. The molecule has 30 heavy (non-hydrogen) atoms. The minimum atomic E-state index is -3.99. The van der Waals surface area contributed by atoms with E-state index < -0.39 is 22.4 Å². The van der Waals surface area contributed by atoms with Crippen LogP contribution in [0.15, 0.2) is 60.7 Å². The quantitative estimate of drug-likeness (QED) is 0.587. The van der Waals surface area contributed by atoms with Gasteiger partial charge in [0.1, 0.15) is 5.75 Å². The molecule has 0 bridgehead atoms. The lowest BCUT2D eigenvalue weighted by atomic mass is 9.93. The van der Waals surface area contributed by atoms with Crippen LogP contribution >= 0.6 is 0 Å². The predicted octanol–water partition coefficient (Wildman–Crippen LogP) is 3.35. The molecule has 0 amide bonds. The summed E-state index contributed by atoms with van der Waals surface area (Å²) >= 11 is 0. The van der Waals surface area contributed by atoms with Crippen LogP contribution in [-0.4, -0.2) is 25.9 Å². The monoisotopic (exact) mass is 429 g/mol. The summed E-state index contributed by atoms with van der Waals surface area (Å²) in [5.74, 6) is -0.111. The van der Waals surface area contributed by atoms with Crippen LogP contribution in [0.2, 0.25) is 0 Å². The van der Waals surface area contributed by atoms with E-state index in [1.165, 1.54) is 11.7 Å². The van der Waals surface area contributed by atoms with Gasteiger partial charge in [-0.25, -0.2) is 9.53 Å². The molecule has 2 atom stereocenters. The number of carbonyl (C=O) groups is 1. The van der Waals surface area contributed by atoms with Gasteiger partial charge < -0.3 is 9.30 Å². The van der Waals surface area contributed by atoms with Gasteiger partial charge in [-0.15, -0.1) is 0 Å². The minimum absolute atomic E-state index is 0.0857. The number of rotatable bonds is 6. The first-order valence-corrected chi connectivity index (χ1v) is 10.8. The van der Waals surface area contributed by atoms with E-state index >= 15 is 4.39 Å². The van der Waals surface area contributed by atoms with Crippen LogP contribution in [0.4, 0.5) is 10.1 Å². The summed E-state index contributed by atoms with van der Waals surface area (Å²) in [5.41, 5.74) is 2.14. The second kappa shape index (κ2) is 7.58. The maximum Gasteiger partial charge on any atom is 0.296 e. The molecule has 2 heterocycles. The number of para-hydroxylation sites is 1. The number of halogens is 1. The molecule has 3 aromatic rings. The van der Waals surface area contributed by atoms with Gasteiger partial charge in [0.2, 0.25) is 5.78 Å². The second-order valence-electron chi connectivity index (χ2n) is 7.03. The van der Waals surface area contributed by atoms with E-state index in [9.17, 15) is 13.2 Å². The normalized spacial score (nSPS) is 18.1. The van der Waals surface area contributed by atoms with Gasteiger partial charge in [-0.3, -0.25) is 9.52 Å². The van der Waals surface area contributed by atoms with E-state index in [1.807, 2.05) is 0 Å². The van der Waals surface area contributed by atoms with Crippen molar-refractivity contribution in [3.8, 4) is 5.75 Å².